The van der Waals surface area contributed by atoms with E-state index in [1.165, 1.54) is 6.33 Å². The molecule has 0 aromatic carbocycles. The molecule has 1 aliphatic heterocycles. The molecule has 10 heavy (non-hydrogen) atoms. The fourth-order valence-corrected chi connectivity index (χ4v) is 0.913. The van der Waals surface area contributed by atoms with Gasteiger partial charge in [0.15, 0.2) is 0 Å². The maximum Gasteiger partial charge on any atom is 0.248 e. The van der Waals surface area contributed by atoms with E-state index in [4.69, 9.17) is 5.73 Å². The van der Waals surface area contributed by atoms with E-state index in [0.29, 0.717) is 5.95 Å². The van der Waals surface area contributed by atoms with Crippen LogP contribution in [0.15, 0.2) is 11.3 Å². The van der Waals surface area contributed by atoms with Crippen molar-refractivity contribution in [3.8, 4) is 0 Å². The molecule has 52 valence electrons. The lowest BCUT2D eigenvalue weighted by atomic mass is 10.3. The second kappa shape index (κ2) is 1.88. The Morgan fingerprint density at radius 2 is 2.60 bits per heavy atom. The first-order valence-corrected chi connectivity index (χ1v) is 3.05. The van der Waals surface area contributed by atoms with Crippen molar-refractivity contribution in [1.82, 2.24) is 14.8 Å². The molecule has 5 heteroatoms. The highest BCUT2D eigenvalue weighted by Crippen LogP contribution is 2.15. The summed E-state index contributed by atoms with van der Waals surface area (Å²) in [7, 11) is 0. The van der Waals surface area contributed by atoms with Gasteiger partial charge in [0.2, 0.25) is 5.95 Å². The van der Waals surface area contributed by atoms with Gasteiger partial charge in [0.05, 0.1) is 0 Å². The molecule has 0 bridgehead atoms. The van der Waals surface area contributed by atoms with Gasteiger partial charge in [-0.15, -0.1) is 0 Å². The topological polar surface area (TPSA) is 69.1 Å². The van der Waals surface area contributed by atoms with Crippen LogP contribution < -0.4 is 5.73 Å². The van der Waals surface area contributed by atoms with Gasteiger partial charge in [-0.1, -0.05) is 0 Å². The van der Waals surface area contributed by atoms with Crippen LogP contribution in [0.3, 0.4) is 0 Å². The summed E-state index contributed by atoms with van der Waals surface area (Å²) >= 11 is 0. The van der Waals surface area contributed by atoms with E-state index in [2.05, 4.69) is 15.1 Å². The highest BCUT2D eigenvalue weighted by Gasteiger charge is 2.13. The molecule has 2 heterocycles. The zero-order chi connectivity index (χ0) is 6.97. The van der Waals surface area contributed by atoms with E-state index >= 15 is 0 Å². The normalized spacial score (nSPS) is 22.7. The predicted octanol–water partition coefficient (Wildman–Crippen LogP) is -0.159. The number of nitrogens with two attached hydrogens (primary N) is 1. The smallest absolute Gasteiger partial charge is 0.248 e. The van der Waals surface area contributed by atoms with Gasteiger partial charge < -0.3 is 5.73 Å². The quantitative estimate of drug-likeness (QED) is 0.540. The van der Waals surface area contributed by atoms with E-state index in [0.717, 1.165) is 6.42 Å². The summed E-state index contributed by atoms with van der Waals surface area (Å²) in [5, 5.41) is 3.90. The third-order valence-electron chi connectivity index (χ3n) is 1.42. The third-order valence-corrected chi connectivity index (χ3v) is 1.42. The van der Waals surface area contributed by atoms with Crippen molar-refractivity contribution in [2.24, 2.45) is 10.7 Å². The molecule has 2 rings (SSSR count). The summed E-state index contributed by atoms with van der Waals surface area (Å²) in [6, 6.07) is 0. The van der Waals surface area contributed by atoms with Gasteiger partial charge in [-0.05, 0) is 0 Å². The zero-order valence-corrected chi connectivity index (χ0v) is 5.31. The first-order valence-electron chi connectivity index (χ1n) is 3.05. The summed E-state index contributed by atoms with van der Waals surface area (Å²) in [5.41, 5.74) is 5.66. The molecule has 1 aliphatic rings. The maximum absolute atomic E-state index is 5.66. The summed E-state index contributed by atoms with van der Waals surface area (Å²) in [6.07, 6.45) is 3.86. The van der Waals surface area contributed by atoms with E-state index < -0.39 is 0 Å². The summed E-state index contributed by atoms with van der Waals surface area (Å²) < 4.78 is 1.61. The van der Waals surface area contributed by atoms with Crippen LogP contribution in [0.4, 0.5) is 5.95 Å². The minimum atomic E-state index is -0.0880. The Labute approximate surface area is 57.6 Å². The second-order valence-electron chi connectivity index (χ2n) is 2.12. The van der Waals surface area contributed by atoms with Crippen molar-refractivity contribution in [2.75, 3.05) is 0 Å². The number of aliphatic imine (C=N–C) groups is 1. The van der Waals surface area contributed by atoms with Crippen LogP contribution in [0.2, 0.25) is 0 Å². The number of nitrogens with zero attached hydrogens (tertiary/aromatic N) is 4. The Kier molecular flexibility index (Phi) is 1.04. The SMILES string of the molecule is NC1CC=Nc2ncnn21. The Hall–Kier alpha value is -1.23. The molecule has 0 amide bonds. The minimum absolute atomic E-state index is 0.0880. The number of rotatable bonds is 0. The molecule has 2 N–H and O–H groups in total. The third kappa shape index (κ3) is 0.640. The van der Waals surface area contributed by atoms with Gasteiger partial charge in [0, 0.05) is 12.6 Å². The van der Waals surface area contributed by atoms with Crippen molar-refractivity contribution in [3.63, 3.8) is 0 Å². The Bertz CT molecular complexity index is 263. The summed E-state index contributed by atoms with van der Waals surface area (Å²) in [4.78, 5) is 7.87. The predicted molar refractivity (Wildman–Crippen MR) is 36.0 cm³/mol. The molecule has 1 unspecified atom stereocenters. The van der Waals surface area contributed by atoms with Crippen molar-refractivity contribution in [2.45, 2.75) is 12.6 Å². The van der Waals surface area contributed by atoms with Crippen molar-refractivity contribution < 1.29 is 0 Å². The minimum Gasteiger partial charge on any atom is -0.309 e. The Morgan fingerprint density at radius 3 is 3.40 bits per heavy atom. The maximum atomic E-state index is 5.66. The lowest BCUT2D eigenvalue weighted by Gasteiger charge is -2.12. The van der Waals surface area contributed by atoms with Gasteiger partial charge in [0.25, 0.3) is 0 Å². The molecule has 1 aromatic heterocycles. The van der Waals surface area contributed by atoms with E-state index in [9.17, 15) is 0 Å². The van der Waals surface area contributed by atoms with Gasteiger partial charge in [-0.2, -0.15) is 10.1 Å². The monoisotopic (exact) mass is 137 g/mol. The molecular weight excluding hydrogens is 130 g/mol. The lowest BCUT2D eigenvalue weighted by molar-refractivity contribution is 0.481. The van der Waals surface area contributed by atoms with Crippen molar-refractivity contribution in [1.29, 1.82) is 0 Å². The van der Waals surface area contributed by atoms with Crippen LogP contribution in [0.5, 0.6) is 0 Å². The molecule has 1 aromatic rings. The van der Waals surface area contributed by atoms with Crippen LogP contribution >= 0.6 is 0 Å². The first kappa shape index (κ1) is 5.55. The largest absolute Gasteiger partial charge is 0.309 e. The fourth-order valence-electron chi connectivity index (χ4n) is 0.913. The summed E-state index contributed by atoms with van der Waals surface area (Å²) in [5.74, 6) is 0.596. The van der Waals surface area contributed by atoms with Gasteiger partial charge >= 0.3 is 0 Å². The highest BCUT2D eigenvalue weighted by atomic mass is 15.4. The lowest BCUT2D eigenvalue weighted by Crippen LogP contribution is -2.22. The van der Waals surface area contributed by atoms with Gasteiger partial charge in [-0.25, -0.2) is 9.67 Å². The first-order chi connectivity index (χ1) is 4.88. The average Bonchev–Trinajstić information content (AvgIpc) is 2.36. The van der Waals surface area contributed by atoms with Crippen molar-refractivity contribution in [3.05, 3.63) is 6.33 Å². The van der Waals surface area contributed by atoms with E-state index in [-0.39, 0.29) is 6.17 Å². The molecule has 5 nitrogen and oxygen atoms in total. The Morgan fingerprint density at radius 1 is 1.70 bits per heavy atom. The zero-order valence-electron chi connectivity index (χ0n) is 5.31. The highest BCUT2D eigenvalue weighted by molar-refractivity contribution is 5.62. The second-order valence-corrected chi connectivity index (χ2v) is 2.12. The Balaban J connectivity index is 2.52. The van der Waals surface area contributed by atoms with Gasteiger partial charge in [0.1, 0.15) is 12.5 Å². The number of hydrogen-bond donors (Lipinski definition) is 1. The van der Waals surface area contributed by atoms with Crippen LogP contribution in [0.1, 0.15) is 12.6 Å². The van der Waals surface area contributed by atoms with E-state index in [1.54, 1.807) is 10.9 Å². The number of aromatic nitrogens is 3. The summed E-state index contributed by atoms with van der Waals surface area (Å²) in [6.45, 7) is 0. The molecular formula is C5H7N5. The van der Waals surface area contributed by atoms with Crippen LogP contribution in [0, 0.1) is 0 Å². The standard InChI is InChI=1S/C5H7N5/c6-4-1-2-7-5-8-3-9-10(4)5/h2-4H,1,6H2. The number of fused-ring (bicyclic) bond motifs is 1. The number of hydrogen-bond acceptors (Lipinski definition) is 4. The van der Waals surface area contributed by atoms with E-state index in [1.807, 2.05) is 0 Å². The van der Waals surface area contributed by atoms with Gasteiger partial charge in [-0.3, -0.25) is 0 Å². The van der Waals surface area contributed by atoms with Crippen molar-refractivity contribution >= 4 is 12.2 Å². The van der Waals surface area contributed by atoms with Crippen LogP contribution in [-0.2, 0) is 0 Å². The fraction of sp³-hybridized carbons (Fsp3) is 0.400. The average molecular weight is 137 g/mol. The molecule has 0 saturated carbocycles. The van der Waals surface area contributed by atoms with Crippen LogP contribution in [-0.4, -0.2) is 21.0 Å². The molecule has 0 spiro atoms. The molecule has 0 fully saturated rings. The molecule has 1 atom stereocenters. The molecule has 0 radical (unpaired) electrons. The van der Waals surface area contributed by atoms with Crippen LogP contribution in [0.25, 0.3) is 0 Å². The molecule has 0 saturated heterocycles. The molecule has 0 aliphatic carbocycles.